The van der Waals surface area contributed by atoms with Gasteiger partial charge in [0.2, 0.25) is 5.13 Å². The van der Waals surface area contributed by atoms with Gasteiger partial charge >= 0.3 is 0 Å². The van der Waals surface area contributed by atoms with Crippen molar-refractivity contribution in [3.63, 3.8) is 0 Å². The monoisotopic (exact) mass is 475 g/mol. The number of carbonyl (C=O) groups is 1. The fourth-order valence-corrected chi connectivity index (χ4v) is 4.91. The van der Waals surface area contributed by atoms with E-state index >= 15 is 0 Å². The number of anilines is 1. The standard InChI is InChI=1S/C21H25N5O4S2/c1-15-6-5-7-16(2)25(15)12-3-4-13-31-21-24-23-20(32-21)22-19(27)14-30-18-10-8-17(9-11-18)26(28)29/h8-11,15-16H,5-7,12-14H2,1-2H3,(H,22,23,27). The molecule has 9 nitrogen and oxygen atoms in total. The van der Waals surface area contributed by atoms with Gasteiger partial charge in [-0.15, -0.1) is 10.2 Å². The van der Waals surface area contributed by atoms with Gasteiger partial charge in [-0.3, -0.25) is 25.1 Å². The first-order valence-corrected chi connectivity index (χ1v) is 12.1. The zero-order valence-corrected chi connectivity index (χ0v) is 19.6. The summed E-state index contributed by atoms with van der Waals surface area (Å²) in [6.07, 6.45) is 3.76. The number of carbonyl (C=O) groups excluding carboxylic acids is 1. The average molecular weight is 476 g/mol. The maximum absolute atomic E-state index is 12.0. The summed E-state index contributed by atoms with van der Waals surface area (Å²) in [7, 11) is 0. The molecule has 0 bridgehead atoms. The van der Waals surface area contributed by atoms with Gasteiger partial charge in [0.15, 0.2) is 10.9 Å². The molecule has 0 aliphatic carbocycles. The number of aromatic nitrogens is 2. The summed E-state index contributed by atoms with van der Waals surface area (Å²) >= 11 is 2.76. The van der Waals surface area contributed by atoms with Crippen LogP contribution in [-0.2, 0) is 4.79 Å². The van der Waals surface area contributed by atoms with E-state index in [1.54, 1.807) is 0 Å². The number of nitro benzene ring substituents is 1. The van der Waals surface area contributed by atoms with E-state index in [4.69, 9.17) is 4.74 Å². The van der Waals surface area contributed by atoms with Crippen molar-refractivity contribution < 1.29 is 14.5 Å². The predicted octanol–water partition coefficient (Wildman–Crippen LogP) is 3.82. The molecule has 0 spiro atoms. The molecular weight excluding hydrogens is 450 g/mol. The number of hydrogen-bond donors (Lipinski definition) is 1. The Hall–Kier alpha value is -2.68. The molecule has 32 heavy (non-hydrogen) atoms. The zero-order valence-electron chi connectivity index (χ0n) is 17.9. The Labute approximate surface area is 195 Å². The molecular formula is C21H25N5O4S2. The van der Waals surface area contributed by atoms with Crippen LogP contribution < -0.4 is 10.1 Å². The predicted molar refractivity (Wildman–Crippen MR) is 125 cm³/mol. The number of nitro groups is 1. The number of piperidine rings is 1. The van der Waals surface area contributed by atoms with Crippen LogP contribution in [0.2, 0.25) is 0 Å². The summed E-state index contributed by atoms with van der Waals surface area (Å²) in [6.45, 7) is 5.08. The summed E-state index contributed by atoms with van der Waals surface area (Å²) in [5.74, 6) is 7.03. The van der Waals surface area contributed by atoms with Gasteiger partial charge in [-0.2, -0.15) is 0 Å². The molecule has 1 N–H and O–H groups in total. The Morgan fingerprint density at radius 3 is 2.69 bits per heavy atom. The molecule has 1 aliphatic rings. The van der Waals surface area contributed by atoms with E-state index in [9.17, 15) is 14.9 Å². The van der Waals surface area contributed by atoms with Crippen molar-refractivity contribution >= 4 is 39.8 Å². The summed E-state index contributed by atoms with van der Waals surface area (Å²) in [5, 5.41) is 21.7. The zero-order chi connectivity index (χ0) is 22.9. The lowest BCUT2D eigenvalue weighted by Crippen LogP contribution is -2.43. The number of hydrogen-bond acceptors (Lipinski definition) is 9. The Bertz CT molecular complexity index is 976. The van der Waals surface area contributed by atoms with Gasteiger partial charge in [0.1, 0.15) is 5.75 Å². The maximum Gasteiger partial charge on any atom is 0.269 e. The molecule has 0 radical (unpaired) electrons. The summed E-state index contributed by atoms with van der Waals surface area (Å²) in [4.78, 5) is 24.6. The molecule has 1 fully saturated rings. The van der Waals surface area contributed by atoms with Crippen molar-refractivity contribution in [2.45, 2.75) is 49.5 Å². The summed E-state index contributed by atoms with van der Waals surface area (Å²) in [6, 6.07) is 6.69. The van der Waals surface area contributed by atoms with Crippen LogP contribution in [0.3, 0.4) is 0 Å². The third-order valence-corrected chi connectivity index (χ3v) is 6.95. The van der Waals surface area contributed by atoms with Crippen LogP contribution in [-0.4, -0.2) is 56.9 Å². The fraction of sp³-hybridized carbons (Fsp3) is 0.476. The molecule has 1 amide bonds. The van der Waals surface area contributed by atoms with E-state index in [1.807, 2.05) is 0 Å². The number of nitrogens with zero attached hydrogens (tertiary/aromatic N) is 4. The number of likely N-dealkylation sites (tertiary alicyclic amines) is 1. The second kappa shape index (κ2) is 11.8. The van der Waals surface area contributed by atoms with Gasteiger partial charge < -0.3 is 4.74 Å². The number of thioether (sulfide) groups is 1. The highest BCUT2D eigenvalue weighted by Gasteiger charge is 2.23. The van der Waals surface area contributed by atoms with Gasteiger partial charge in [0.25, 0.3) is 11.6 Å². The van der Waals surface area contributed by atoms with Gasteiger partial charge in [0.05, 0.1) is 17.2 Å². The van der Waals surface area contributed by atoms with Gasteiger partial charge in [0, 0.05) is 24.2 Å². The molecule has 1 aliphatic heterocycles. The van der Waals surface area contributed by atoms with Crippen LogP contribution in [0.25, 0.3) is 0 Å². The first kappa shape index (κ1) is 24.0. The van der Waals surface area contributed by atoms with Crippen LogP contribution >= 0.6 is 23.1 Å². The highest BCUT2D eigenvalue weighted by molar-refractivity contribution is 8.01. The largest absolute Gasteiger partial charge is 0.484 e. The van der Waals surface area contributed by atoms with E-state index in [0.29, 0.717) is 28.7 Å². The molecule has 1 aromatic carbocycles. The molecule has 11 heteroatoms. The van der Waals surface area contributed by atoms with Crippen LogP contribution in [0.5, 0.6) is 5.75 Å². The van der Waals surface area contributed by atoms with Crippen LogP contribution in [0.1, 0.15) is 33.1 Å². The molecule has 2 heterocycles. The minimum absolute atomic E-state index is 0.0407. The van der Waals surface area contributed by atoms with E-state index in [0.717, 1.165) is 10.9 Å². The molecule has 170 valence electrons. The van der Waals surface area contributed by atoms with E-state index in [2.05, 4.69) is 46.1 Å². The molecule has 2 atom stereocenters. The summed E-state index contributed by atoms with van der Waals surface area (Å²) in [5.41, 5.74) is -0.0407. The minimum Gasteiger partial charge on any atom is -0.484 e. The van der Waals surface area contributed by atoms with Crippen LogP contribution in [0.15, 0.2) is 28.6 Å². The van der Waals surface area contributed by atoms with Crippen molar-refractivity contribution in [2.75, 3.05) is 24.2 Å². The lowest BCUT2D eigenvalue weighted by Gasteiger charge is -2.37. The SMILES string of the molecule is CC1CCCC(C)N1CC#CCSc1nnc(NC(=O)COc2ccc([N+](=O)[O-])cc2)s1. The van der Waals surface area contributed by atoms with E-state index in [-0.39, 0.29) is 18.2 Å². The van der Waals surface area contributed by atoms with Crippen molar-refractivity contribution in [3.8, 4) is 17.6 Å². The first-order valence-electron chi connectivity index (χ1n) is 10.3. The molecule has 3 rings (SSSR count). The minimum atomic E-state index is -0.497. The second-order valence-corrected chi connectivity index (χ2v) is 9.60. The average Bonchev–Trinajstić information content (AvgIpc) is 3.21. The van der Waals surface area contributed by atoms with E-state index in [1.165, 1.54) is 66.6 Å². The van der Waals surface area contributed by atoms with Crippen molar-refractivity contribution in [2.24, 2.45) is 0 Å². The first-order chi connectivity index (χ1) is 15.4. The fourth-order valence-electron chi connectivity index (χ4n) is 3.37. The van der Waals surface area contributed by atoms with Crippen LogP contribution in [0.4, 0.5) is 10.8 Å². The Morgan fingerprint density at radius 2 is 2.00 bits per heavy atom. The summed E-state index contributed by atoms with van der Waals surface area (Å²) < 4.78 is 6.06. The third-order valence-electron chi connectivity index (χ3n) is 5.10. The second-order valence-electron chi connectivity index (χ2n) is 7.40. The normalized spacial score (nSPS) is 18.4. The van der Waals surface area contributed by atoms with Crippen LogP contribution in [0, 0.1) is 22.0 Å². The van der Waals surface area contributed by atoms with E-state index < -0.39 is 4.92 Å². The highest BCUT2D eigenvalue weighted by atomic mass is 32.2. The lowest BCUT2D eigenvalue weighted by molar-refractivity contribution is -0.384. The lowest BCUT2D eigenvalue weighted by atomic mass is 9.98. The number of non-ortho nitro benzene ring substituents is 1. The molecule has 1 saturated heterocycles. The molecule has 2 unspecified atom stereocenters. The maximum atomic E-state index is 12.0. The third kappa shape index (κ3) is 7.19. The Morgan fingerprint density at radius 1 is 1.28 bits per heavy atom. The number of amides is 1. The number of nitrogens with one attached hydrogen (secondary N) is 1. The molecule has 2 aromatic rings. The Kier molecular flexibility index (Phi) is 8.84. The Balaban J connectivity index is 1.38. The number of ether oxygens (including phenoxy) is 1. The molecule has 1 aromatic heterocycles. The van der Waals surface area contributed by atoms with Crippen molar-refractivity contribution in [1.29, 1.82) is 0 Å². The van der Waals surface area contributed by atoms with Crippen molar-refractivity contribution in [1.82, 2.24) is 15.1 Å². The van der Waals surface area contributed by atoms with Crippen molar-refractivity contribution in [3.05, 3.63) is 34.4 Å². The topological polar surface area (TPSA) is 110 Å². The number of rotatable bonds is 8. The molecule has 0 saturated carbocycles. The highest BCUT2D eigenvalue weighted by Crippen LogP contribution is 2.25. The van der Waals surface area contributed by atoms with Gasteiger partial charge in [-0.05, 0) is 38.8 Å². The van der Waals surface area contributed by atoms with Gasteiger partial charge in [-0.25, -0.2) is 0 Å². The number of benzene rings is 1. The van der Waals surface area contributed by atoms with Gasteiger partial charge in [-0.1, -0.05) is 41.4 Å². The quantitative estimate of drug-likeness (QED) is 0.202. The smallest absolute Gasteiger partial charge is 0.269 e.